The van der Waals surface area contributed by atoms with Gasteiger partial charge in [0.2, 0.25) is 0 Å². The Hall–Kier alpha value is -2.54. The number of aryl methyl sites for hydroxylation is 1. The molecule has 124 valence electrons. The van der Waals surface area contributed by atoms with Gasteiger partial charge in [-0.2, -0.15) is 0 Å². The minimum Gasteiger partial charge on any atom is -0.408 e. The summed E-state index contributed by atoms with van der Waals surface area (Å²) in [6.07, 6.45) is 0.836. The van der Waals surface area contributed by atoms with E-state index in [4.69, 9.17) is 4.42 Å². The monoisotopic (exact) mass is 389 g/mol. The number of amides is 2. The van der Waals surface area contributed by atoms with E-state index in [1.165, 1.54) is 0 Å². The minimum atomic E-state index is -0.387. The molecule has 0 aliphatic heterocycles. The van der Waals surface area contributed by atoms with Crippen LogP contribution in [0.25, 0.3) is 11.1 Å². The lowest BCUT2D eigenvalue weighted by Gasteiger charge is -2.09. The van der Waals surface area contributed by atoms with Gasteiger partial charge in [-0.05, 0) is 46.6 Å². The molecule has 0 unspecified atom stereocenters. The van der Waals surface area contributed by atoms with Crippen LogP contribution in [0.15, 0.2) is 56.1 Å². The van der Waals surface area contributed by atoms with Crippen LogP contribution in [0.5, 0.6) is 0 Å². The van der Waals surface area contributed by atoms with E-state index in [1.807, 2.05) is 25.1 Å². The van der Waals surface area contributed by atoms with Gasteiger partial charge in [0.25, 0.3) is 0 Å². The number of hydrogen-bond acceptors (Lipinski definition) is 3. The zero-order valence-electron chi connectivity index (χ0n) is 13.0. The Balaban J connectivity index is 1.79. The lowest BCUT2D eigenvalue weighted by Crippen LogP contribution is -2.19. The summed E-state index contributed by atoms with van der Waals surface area (Å²) >= 11 is 3.37. The molecule has 2 N–H and O–H groups in total. The molecule has 0 spiro atoms. The molecule has 0 radical (unpaired) electrons. The summed E-state index contributed by atoms with van der Waals surface area (Å²) in [6, 6.07) is 12.1. The number of benzene rings is 2. The van der Waals surface area contributed by atoms with Crippen LogP contribution in [0, 0.1) is 0 Å². The first-order valence-electron chi connectivity index (χ1n) is 7.54. The lowest BCUT2D eigenvalue weighted by atomic mass is 10.2. The standard InChI is InChI=1S/C17H16BrN3O3/c1-2-9-21-14-8-7-11(10-15(14)24-17(21)23)19-16(22)20-13-6-4-3-5-12(13)18/h3-8,10H,2,9H2,1H3,(H2,19,20,22). The highest BCUT2D eigenvalue weighted by Gasteiger charge is 2.11. The number of halogens is 1. The van der Waals surface area contributed by atoms with E-state index < -0.39 is 0 Å². The molecule has 0 saturated heterocycles. The van der Waals surface area contributed by atoms with Gasteiger partial charge in [-0.3, -0.25) is 4.57 Å². The molecule has 2 aromatic carbocycles. The Labute approximate surface area is 146 Å². The summed E-state index contributed by atoms with van der Waals surface area (Å²) in [5, 5.41) is 5.48. The number of aromatic nitrogens is 1. The highest BCUT2D eigenvalue weighted by molar-refractivity contribution is 9.10. The number of rotatable bonds is 4. The minimum absolute atomic E-state index is 0.378. The van der Waals surface area contributed by atoms with Gasteiger partial charge < -0.3 is 15.1 Å². The van der Waals surface area contributed by atoms with E-state index in [0.717, 1.165) is 16.4 Å². The molecule has 6 nitrogen and oxygen atoms in total. The Morgan fingerprint density at radius 1 is 1.21 bits per heavy atom. The average Bonchev–Trinajstić information content (AvgIpc) is 2.85. The molecule has 0 aliphatic rings. The molecule has 3 aromatic rings. The van der Waals surface area contributed by atoms with Crippen LogP contribution in [-0.4, -0.2) is 10.6 Å². The van der Waals surface area contributed by atoms with Crippen LogP contribution in [0.4, 0.5) is 16.2 Å². The maximum absolute atomic E-state index is 12.1. The third kappa shape index (κ3) is 3.35. The van der Waals surface area contributed by atoms with Gasteiger partial charge in [-0.15, -0.1) is 0 Å². The number of hydrogen-bond donors (Lipinski definition) is 2. The zero-order chi connectivity index (χ0) is 17.1. The third-order valence-corrected chi connectivity index (χ3v) is 4.19. The largest absolute Gasteiger partial charge is 0.419 e. The molecule has 0 fully saturated rings. The van der Waals surface area contributed by atoms with Gasteiger partial charge in [0.1, 0.15) is 0 Å². The second-order valence-corrected chi connectivity index (χ2v) is 6.12. The number of para-hydroxylation sites is 1. The summed E-state index contributed by atoms with van der Waals surface area (Å²) in [7, 11) is 0. The number of fused-ring (bicyclic) bond motifs is 1. The quantitative estimate of drug-likeness (QED) is 0.693. The van der Waals surface area contributed by atoms with Crippen molar-refractivity contribution in [2.24, 2.45) is 0 Å². The van der Waals surface area contributed by atoms with E-state index in [2.05, 4.69) is 26.6 Å². The van der Waals surface area contributed by atoms with Crippen molar-refractivity contribution >= 4 is 44.4 Å². The summed E-state index contributed by atoms with van der Waals surface area (Å²) in [4.78, 5) is 23.9. The van der Waals surface area contributed by atoms with Gasteiger partial charge in [0.15, 0.2) is 5.58 Å². The third-order valence-electron chi connectivity index (χ3n) is 3.50. The van der Waals surface area contributed by atoms with Gasteiger partial charge in [0.05, 0.1) is 11.2 Å². The molecule has 3 rings (SSSR count). The molecule has 1 aromatic heterocycles. The number of carbonyl (C=O) groups is 1. The fraction of sp³-hybridized carbons (Fsp3) is 0.176. The number of nitrogens with zero attached hydrogens (tertiary/aromatic N) is 1. The Kier molecular flexibility index (Phi) is 4.71. The van der Waals surface area contributed by atoms with E-state index in [-0.39, 0.29) is 11.8 Å². The number of urea groups is 1. The molecule has 1 heterocycles. The van der Waals surface area contributed by atoms with Crippen molar-refractivity contribution in [1.29, 1.82) is 0 Å². The van der Waals surface area contributed by atoms with Crippen molar-refractivity contribution in [2.45, 2.75) is 19.9 Å². The van der Waals surface area contributed by atoms with E-state index in [9.17, 15) is 9.59 Å². The first-order chi connectivity index (χ1) is 11.6. The SMILES string of the molecule is CCCn1c(=O)oc2cc(NC(=O)Nc3ccccc3Br)ccc21. The molecule has 0 aliphatic carbocycles. The van der Waals surface area contributed by atoms with Crippen molar-refractivity contribution in [1.82, 2.24) is 4.57 Å². The van der Waals surface area contributed by atoms with Crippen molar-refractivity contribution in [3.63, 3.8) is 0 Å². The topological polar surface area (TPSA) is 76.3 Å². The van der Waals surface area contributed by atoms with Gasteiger partial charge in [-0.25, -0.2) is 9.59 Å². The van der Waals surface area contributed by atoms with Gasteiger partial charge in [-0.1, -0.05) is 19.1 Å². The Morgan fingerprint density at radius 3 is 2.75 bits per heavy atom. The highest BCUT2D eigenvalue weighted by atomic mass is 79.9. The molecular weight excluding hydrogens is 374 g/mol. The van der Waals surface area contributed by atoms with Gasteiger partial charge in [0, 0.05) is 22.8 Å². The van der Waals surface area contributed by atoms with Crippen LogP contribution in [0.3, 0.4) is 0 Å². The predicted molar refractivity (Wildman–Crippen MR) is 97.5 cm³/mol. The summed E-state index contributed by atoms with van der Waals surface area (Å²) in [6.45, 7) is 2.59. The fourth-order valence-corrected chi connectivity index (χ4v) is 2.81. The normalized spacial score (nSPS) is 10.8. The van der Waals surface area contributed by atoms with Crippen molar-refractivity contribution < 1.29 is 9.21 Å². The molecule has 0 bridgehead atoms. The highest BCUT2D eigenvalue weighted by Crippen LogP contribution is 2.22. The predicted octanol–water partition coefficient (Wildman–Crippen LogP) is 4.41. The molecule has 2 amide bonds. The molecule has 0 atom stereocenters. The molecule has 24 heavy (non-hydrogen) atoms. The fourth-order valence-electron chi connectivity index (χ4n) is 2.43. The molecule has 0 saturated carbocycles. The van der Waals surface area contributed by atoms with Crippen molar-refractivity contribution in [2.75, 3.05) is 10.6 Å². The van der Waals surface area contributed by atoms with E-state index in [1.54, 1.807) is 28.8 Å². The maximum Gasteiger partial charge on any atom is 0.419 e. The maximum atomic E-state index is 12.1. The van der Waals surface area contributed by atoms with Crippen LogP contribution >= 0.6 is 15.9 Å². The van der Waals surface area contributed by atoms with E-state index in [0.29, 0.717) is 23.5 Å². The van der Waals surface area contributed by atoms with Crippen LogP contribution in [-0.2, 0) is 6.54 Å². The second kappa shape index (κ2) is 6.92. The lowest BCUT2D eigenvalue weighted by molar-refractivity contribution is 0.262. The second-order valence-electron chi connectivity index (χ2n) is 5.26. The first-order valence-corrected chi connectivity index (χ1v) is 8.33. The van der Waals surface area contributed by atoms with Crippen LogP contribution in [0.2, 0.25) is 0 Å². The first kappa shape index (κ1) is 16.3. The van der Waals surface area contributed by atoms with E-state index >= 15 is 0 Å². The zero-order valence-corrected chi connectivity index (χ0v) is 14.6. The number of anilines is 2. The van der Waals surface area contributed by atoms with Gasteiger partial charge >= 0.3 is 11.8 Å². The Morgan fingerprint density at radius 2 is 2.00 bits per heavy atom. The summed E-state index contributed by atoms with van der Waals surface area (Å²) in [5.41, 5.74) is 2.38. The molecule has 7 heteroatoms. The Bertz CT molecular complexity index is 946. The number of nitrogens with one attached hydrogen (secondary N) is 2. The summed E-state index contributed by atoms with van der Waals surface area (Å²) < 4.78 is 7.61. The summed E-state index contributed by atoms with van der Waals surface area (Å²) in [5.74, 6) is -0.387. The molecular formula is C17H16BrN3O3. The average molecular weight is 390 g/mol. The number of carbonyl (C=O) groups excluding carboxylic acids is 1. The van der Waals surface area contributed by atoms with Crippen LogP contribution in [0.1, 0.15) is 13.3 Å². The number of oxazole rings is 1. The van der Waals surface area contributed by atoms with Crippen molar-refractivity contribution in [3.05, 3.63) is 57.5 Å². The smallest absolute Gasteiger partial charge is 0.408 e. The van der Waals surface area contributed by atoms with Crippen LogP contribution < -0.4 is 16.4 Å². The van der Waals surface area contributed by atoms with Crippen molar-refractivity contribution in [3.8, 4) is 0 Å².